The Labute approximate surface area is 224 Å². The minimum Gasteiger partial charge on any atom is -0.497 e. The molecule has 3 aromatic rings. The number of benzene rings is 2. The van der Waals surface area contributed by atoms with Gasteiger partial charge in [0, 0.05) is 22.6 Å². The highest BCUT2D eigenvalue weighted by Gasteiger charge is 2.66. The van der Waals surface area contributed by atoms with E-state index in [9.17, 15) is 35.9 Å². The first-order chi connectivity index (χ1) is 18.6. The van der Waals surface area contributed by atoms with E-state index in [-0.39, 0.29) is 46.4 Å². The van der Waals surface area contributed by atoms with Crippen molar-refractivity contribution in [2.45, 2.75) is 51.2 Å². The van der Waals surface area contributed by atoms with Crippen molar-refractivity contribution in [3.8, 4) is 22.6 Å². The minimum atomic E-state index is -4.80. The Hall–Kier alpha value is -3.96. The van der Waals surface area contributed by atoms with Gasteiger partial charge in [-0.25, -0.2) is 9.59 Å². The molecule has 1 fully saturated rings. The SMILES string of the molecule is C=C(C)C(=O)OC1CCC(Oc2ccc3cc(-c4ccc(OC)cc4C(F)(F)F)c(=O)oc3c2)C1(C)C(F)(F)F. The van der Waals surface area contributed by atoms with Crippen LogP contribution in [0, 0.1) is 5.41 Å². The fraction of sp³-hybridized carbons (Fsp3) is 0.357. The van der Waals surface area contributed by atoms with Crippen LogP contribution in [0.1, 0.15) is 32.3 Å². The van der Waals surface area contributed by atoms with Crippen LogP contribution < -0.4 is 15.1 Å². The molecule has 40 heavy (non-hydrogen) atoms. The molecule has 0 aliphatic heterocycles. The van der Waals surface area contributed by atoms with Crippen LogP contribution in [0.4, 0.5) is 26.3 Å². The van der Waals surface area contributed by atoms with E-state index in [1.807, 2.05) is 0 Å². The molecule has 2 aromatic carbocycles. The number of rotatable bonds is 6. The molecule has 0 N–H and O–H groups in total. The number of methoxy groups -OCH3 is 1. The van der Waals surface area contributed by atoms with Gasteiger partial charge in [0.05, 0.1) is 18.2 Å². The van der Waals surface area contributed by atoms with Gasteiger partial charge in [-0.05, 0) is 63.1 Å². The number of esters is 1. The lowest BCUT2D eigenvalue weighted by molar-refractivity contribution is -0.262. The molecule has 1 aliphatic carbocycles. The van der Waals surface area contributed by atoms with E-state index in [0.717, 1.165) is 19.1 Å². The molecule has 0 bridgehead atoms. The summed E-state index contributed by atoms with van der Waals surface area (Å²) in [7, 11) is 1.21. The van der Waals surface area contributed by atoms with Crippen molar-refractivity contribution in [3.63, 3.8) is 0 Å². The smallest absolute Gasteiger partial charge is 0.417 e. The molecule has 1 saturated carbocycles. The molecule has 0 saturated heterocycles. The van der Waals surface area contributed by atoms with Gasteiger partial charge in [-0.3, -0.25) is 0 Å². The van der Waals surface area contributed by atoms with E-state index in [1.165, 1.54) is 44.4 Å². The van der Waals surface area contributed by atoms with E-state index < -0.39 is 52.7 Å². The van der Waals surface area contributed by atoms with E-state index in [0.29, 0.717) is 0 Å². The van der Waals surface area contributed by atoms with Crippen LogP contribution in [-0.4, -0.2) is 31.5 Å². The summed E-state index contributed by atoms with van der Waals surface area (Å²) in [6.07, 6.45) is -12.8. The maximum atomic E-state index is 14.2. The van der Waals surface area contributed by atoms with Crippen molar-refractivity contribution in [1.29, 1.82) is 0 Å². The molecule has 1 aromatic heterocycles. The van der Waals surface area contributed by atoms with Gasteiger partial charge in [0.15, 0.2) is 0 Å². The van der Waals surface area contributed by atoms with Crippen molar-refractivity contribution in [1.82, 2.24) is 0 Å². The first-order valence-corrected chi connectivity index (χ1v) is 12.0. The van der Waals surface area contributed by atoms with Crippen molar-refractivity contribution in [3.05, 3.63) is 70.6 Å². The summed E-state index contributed by atoms with van der Waals surface area (Å²) in [6, 6.07) is 8.17. The lowest BCUT2D eigenvalue weighted by atomic mass is 9.83. The van der Waals surface area contributed by atoms with Gasteiger partial charge in [-0.2, -0.15) is 26.3 Å². The van der Waals surface area contributed by atoms with Crippen molar-refractivity contribution in [2.24, 2.45) is 5.41 Å². The second-order valence-electron chi connectivity index (χ2n) is 9.70. The molecule has 3 unspecified atom stereocenters. The van der Waals surface area contributed by atoms with Gasteiger partial charge in [0.2, 0.25) is 0 Å². The van der Waals surface area contributed by atoms with Gasteiger partial charge < -0.3 is 18.6 Å². The topological polar surface area (TPSA) is 75.0 Å². The summed E-state index contributed by atoms with van der Waals surface area (Å²) in [5.74, 6) is -1.08. The summed E-state index contributed by atoms with van der Waals surface area (Å²) in [6.45, 7) is 5.62. The Morgan fingerprint density at radius 2 is 1.62 bits per heavy atom. The number of hydrogen-bond donors (Lipinski definition) is 0. The van der Waals surface area contributed by atoms with Crippen LogP contribution >= 0.6 is 0 Å². The summed E-state index contributed by atoms with van der Waals surface area (Å²) < 4.78 is 105. The van der Waals surface area contributed by atoms with E-state index in [1.54, 1.807) is 0 Å². The molecule has 4 rings (SSSR count). The third-order valence-electron chi connectivity index (χ3n) is 7.05. The highest BCUT2D eigenvalue weighted by atomic mass is 19.4. The molecule has 214 valence electrons. The summed E-state index contributed by atoms with van der Waals surface area (Å²) >= 11 is 0. The quantitative estimate of drug-likeness (QED) is 0.136. The van der Waals surface area contributed by atoms with Crippen LogP contribution in [0.15, 0.2) is 63.8 Å². The molecule has 12 heteroatoms. The molecule has 1 heterocycles. The first-order valence-electron chi connectivity index (χ1n) is 12.0. The summed E-state index contributed by atoms with van der Waals surface area (Å²) in [5.41, 5.74) is -5.69. The molecule has 3 atom stereocenters. The Balaban J connectivity index is 1.69. The average molecular weight is 570 g/mol. The zero-order valence-corrected chi connectivity index (χ0v) is 21.5. The second kappa shape index (κ2) is 10.2. The second-order valence-corrected chi connectivity index (χ2v) is 9.70. The normalized spacial score (nSPS) is 21.3. The number of ether oxygens (including phenoxy) is 3. The number of alkyl halides is 6. The van der Waals surface area contributed by atoms with Crippen LogP contribution in [-0.2, 0) is 15.7 Å². The van der Waals surface area contributed by atoms with Crippen molar-refractivity contribution >= 4 is 16.9 Å². The van der Waals surface area contributed by atoms with E-state index >= 15 is 0 Å². The third kappa shape index (κ3) is 5.26. The van der Waals surface area contributed by atoms with Gasteiger partial charge >= 0.3 is 23.9 Å². The molecule has 0 amide bonds. The molecular formula is C28H24F6O6. The van der Waals surface area contributed by atoms with Gasteiger partial charge in [-0.15, -0.1) is 0 Å². The van der Waals surface area contributed by atoms with Crippen LogP contribution in [0.2, 0.25) is 0 Å². The standard InChI is InChI=1S/C28H24F6O6/c1-14(2)24(35)40-23-10-9-22(26(23,3)28(32,33)34)38-17-6-5-15-11-19(25(36)39-21(15)13-17)18-8-7-16(37-4)12-20(18)27(29,30)31/h5-8,11-13,22-23H,1,9-10H2,2-4H3. The monoisotopic (exact) mass is 570 g/mol. The predicted molar refractivity (Wildman–Crippen MR) is 132 cm³/mol. The Bertz CT molecular complexity index is 1520. The molecule has 1 aliphatic rings. The maximum Gasteiger partial charge on any atom is 0.417 e. The van der Waals surface area contributed by atoms with Gasteiger partial charge in [-0.1, -0.05) is 6.58 Å². The molecule has 0 radical (unpaired) electrons. The van der Waals surface area contributed by atoms with E-state index in [4.69, 9.17) is 18.6 Å². The Morgan fingerprint density at radius 1 is 0.975 bits per heavy atom. The average Bonchev–Trinajstić information content (AvgIpc) is 3.18. The fourth-order valence-electron chi connectivity index (χ4n) is 4.70. The van der Waals surface area contributed by atoms with Crippen LogP contribution in [0.3, 0.4) is 0 Å². The van der Waals surface area contributed by atoms with E-state index in [2.05, 4.69) is 6.58 Å². The van der Waals surface area contributed by atoms with Gasteiger partial charge in [0.1, 0.15) is 34.7 Å². The minimum absolute atomic E-state index is 0.0465. The number of fused-ring (bicyclic) bond motifs is 1. The number of carbonyl (C=O) groups is 1. The van der Waals surface area contributed by atoms with Crippen LogP contribution in [0.5, 0.6) is 11.5 Å². The van der Waals surface area contributed by atoms with Crippen molar-refractivity contribution < 1.29 is 49.8 Å². The maximum absolute atomic E-state index is 14.2. The van der Waals surface area contributed by atoms with Crippen molar-refractivity contribution in [2.75, 3.05) is 7.11 Å². The molecule has 6 nitrogen and oxygen atoms in total. The van der Waals surface area contributed by atoms with Gasteiger partial charge in [0.25, 0.3) is 0 Å². The highest BCUT2D eigenvalue weighted by Crippen LogP contribution is 2.53. The first kappa shape index (κ1) is 29.0. The lowest BCUT2D eigenvalue weighted by Crippen LogP contribution is -2.51. The zero-order valence-electron chi connectivity index (χ0n) is 21.5. The largest absolute Gasteiger partial charge is 0.497 e. The Morgan fingerprint density at radius 3 is 2.23 bits per heavy atom. The third-order valence-corrected chi connectivity index (χ3v) is 7.05. The van der Waals surface area contributed by atoms with Crippen LogP contribution in [0.25, 0.3) is 22.1 Å². The summed E-state index contributed by atoms with van der Waals surface area (Å²) in [4.78, 5) is 24.7. The summed E-state index contributed by atoms with van der Waals surface area (Å²) in [5, 5.41) is 0.212. The fourth-order valence-corrected chi connectivity index (χ4v) is 4.70. The zero-order chi connectivity index (χ0) is 29.6. The number of carbonyl (C=O) groups excluding carboxylic acids is 1. The molecular weight excluding hydrogens is 546 g/mol. The highest BCUT2D eigenvalue weighted by molar-refractivity contribution is 5.87. The Kier molecular flexibility index (Phi) is 7.42. The number of hydrogen-bond acceptors (Lipinski definition) is 6. The number of halogens is 6. The molecule has 0 spiro atoms. The lowest BCUT2D eigenvalue weighted by Gasteiger charge is -2.37. The predicted octanol–water partition coefficient (Wildman–Crippen LogP) is 7.09.